The fraction of sp³-hybridized carbons (Fsp3) is 0.714. The average molecular weight is 253 g/mol. The first-order valence-electron chi connectivity index (χ1n) is 6.46. The van der Waals surface area contributed by atoms with E-state index in [9.17, 15) is 0 Å². The van der Waals surface area contributed by atoms with Gasteiger partial charge in [0.2, 0.25) is 0 Å². The standard InChI is InChI=1S/C14H23NOS/c1-11(8-12-5-7-17-10-12)15-13-4-6-16-14(2,3)9-13/h5,7,10-11,13,15H,4,6,8-9H2,1-3H3. The van der Waals surface area contributed by atoms with Crippen molar-refractivity contribution in [3.05, 3.63) is 22.4 Å². The molecule has 1 aliphatic heterocycles. The van der Waals surface area contributed by atoms with Crippen LogP contribution < -0.4 is 5.32 Å². The highest BCUT2D eigenvalue weighted by Crippen LogP contribution is 2.24. The van der Waals surface area contributed by atoms with Gasteiger partial charge in [-0.15, -0.1) is 0 Å². The van der Waals surface area contributed by atoms with Crippen LogP contribution in [0.1, 0.15) is 39.2 Å². The summed E-state index contributed by atoms with van der Waals surface area (Å²) in [4.78, 5) is 0. The monoisotopic (exact) mass is 253 g/mol. The molecule has 1 N–H and O–H groups in total. The molecule has 1 saturated heterocycles. The summed E-state index contributed by atoms with van der Waals surface area (Å²) < 4.78 is 5.74. The second kappa shape index (κ2) is 5.51. The van der Waals surface area contributed by atoms with Crippen LogP contribution in [0.15, 0.2) is 16.8 Å². The molecule has 3 heteroatoms. The van der Waals surface area contributed by atoms with Crippen molar-refractivity contribution in [2.24, 2.45) is 0 Å². The van der Waals surface area contributed by atoms with Gasteiger partial charge in [-0.25, -0.2) is 0 Å². The molecular formula is C14H23NOS. The molecule has 0 radical (unpaired) electrons. The van der Waals surface area contributed by atoms with Crippen LogP contribution in [0.2, 0.25) is 0 Å². The number of rotatable bonds is 4. The van der Waals surface area contributed by atoms with Crippen molar-refractivity contribution in [3.63, 3.8) is 0 Å². The number of hydrogen-bond donors (Lipinski definition) is 1. The quantitative estimate of drug-likeness (QED) is 0.889. The summed E-state index contributed by atoms with van der Waals surface area (Å²) in [6.45, 7) is 7.53. The first kappa shape index (κ1) is 13.1. The van der Waals surface area contributed by atoms with Crippen molar-refractivity contribution in [2.45, 2.75) is 57.7 Å². The smallest absolute Gasteiger partial charge is 0.0641 e. The summed E-state index contributed by atoms with van der Waals surface area (Å²) >= 11 is 1.78. The maximum Gasteiger partial charge on any atom is 0.0641 e. The van der Waals surface area contributed by atoms with E-state index in [1.54, 1.807) is 11.3 Å². The topological polar surface area (TPSA) is 21.3 Å². The Bertz CT molecular complexity index is 334. The highest BCUT2D eigenvalue weighted by molar-refractivity contribution is 7.07. The Morgan fingerprint density at radius 3 is 3.06 bits per heavy atom. The van der Waals surface area contributed by atoms with Crippen LogP contribution in [-0.2, 0) is 11.2 Å². The molecule has 0 amide bonds. The van der Waals surface area contributed by atoms with E-state index in [1.165, 1.54) is 5.56 Å². The Labute approximate surface area is 108 Å². The predicted octanol–water partition coefficient (Wildman–Crippen LogP) is 3.23. The minimum Gasteiger partial charge on any atom is -0.375 e. The van der Waals surface area contributed by atoms with E-state index in [0.717, 1.165) is 25.9 Å². The third-order valence-electron chi connectivity index (χ3n) is 3.34. The van der Waals surface area contributed by atoms with Crippen LogP contribution in [0.25, 0.3) is 0 Å². The fourth-order valence-corrected chi connectivity index (χ4v) is 3.28. The second-order valence-electron chi connectivity index (χ2n) is 5.70. The molecule has 0 spiro atoms. The molecular weight excluding hydrogens is 230 g/mol. The highest BCUT2D eigenvalue weighted by Gasteiger charge is 2.29. The van der Waals surface area contributed by atoms with Crippen molar-refractivity contribution in [1.29, 1.82) is 0 Å². The van der Waals surface area contributed by atoms with Crippen LogP contribution >= 0.6 is 11.3 Å². The fourth-order valence-electron chi connectivity index (χ4n) is 2.60. The Hall–Kier alpha value is -0.380. The lowest BCUT2D eigenvalue weighted by atomic mass is 9.93. The molecule has 1 aromatic rings. The van der Waals surface area contributed by atoms with Crippen molar-refractivity contribution in [2.75, 3.05) is 6.61 Å². The summed E-state index contributed by atoms with van der Waals surface area (Å²) in [7, 11) is 0. The lowest BCUT2D eigenvalue weighted by molar-refractivity contribution is -0.0639. The van der Waals surface area contributed by atoms with Crippen LogP contribution in [-0.4, -0.2) is 24.3 Å². The van der Waals surface area contributed by atoms with Crippen LogP contribution in [0.3, 0.4) is 0 Å². The van der Waals surface area contributed by atoms with Crippen LogP contribution in [0, 0.1) is 0 Å². The van der Waals surface area contributed by atoms with Gasteiger partial charge in [0.15, 0.2) is 0 Å². The van der Waals surface area contributed by atoms with Gasteiger partial charge in [-0.2, -0.15) is 11.3 Å². The lowest BCUT2D eigenvalue weighted by Gasteiger charge is -2.37. The molecule has 0 aliphatic carbocycles. The SMILES string of the molecule is CC(Cc1ccsc1)NC1CCOC(C)(C)C1. The molecule has 1 fully saturated rings. The number of thiophene rings is 1. The first-order valence-corrected chi connectivity index (χ1v) is 7.40. The molecule has 2 heterocycles. The van der Waals surface area contributed by atoms with Crippen molar-refractivity contribution >= 4 is 11.3 Å². The predicted molar refractivity (Wildman–Crippen MR) is 73.7 cm³/mol. The summed E-state index contributed by atoms with van der Waals surface area (Å²) in [5.41, 5.74) is 1.49. The van der Waals surface area contributed by atoms with Crippen molar-refractivity contribution in [1.82, 2.24) is 5.32 Å². The van der Waals surface area contributed by atoms with E-state index in [0.29, 0.717) is 12.1 Å². The molecule has 0 saturated carbocycles. The second-order valence-corrected chi connectivity index (χ2v) is 6.48. The zero-order valence-electron chi connectivity index (χ0n) is 11.0. The Kier molecular flexibility index (Phi) is 4.23. The molecule has 2 nitrogen and oxygen atoms in total. The molecule has 2 rings (SSSR count). The minimum atomic E-state index is 0.0397. The summed E-state index contributed by atoms with van der Waals surface area (Å²) in [5.74, 6) is 0. The highest BCUT2D eigenvalue weighted by atomic mass is 32.1. The maximum absolute atomic E-state index is 5.74. The summed E-state index contributed by atoms with van der Waals surface area (Å²) in [5, 5.41) is 8.13. The summed E-state index contributed by atoms with van der Waals surface area (Å²) in [6, 6.07) is 3.37. The van der Waals surface area contributed by atoms with E-state index in [-0.39, 0.29) is 5.60 Å². The minimum absolute atomic E-state index is 0.0397. The van der Waals surface area contributed by atoms with Gasteiger partial charge in [-0.05, 0) is 62.4 Å². The van der Waals surface area contributed by atoms with E-state index in [2.05, 4.69) is 42.9 Å². The molecule has 2 atom stereocenters. The molecule has 17 heavy (non-hydrogen) atoms. The maximum atomic E-state index is 5.74. The van der Waals surface area contributed by atoms with Gasteiger partial charge in [0.1, 0.15) is 0 Å². The third kappa shape index (κ3) is 4.09. The first-order chi connectivity index (χ1) is 8.05. The van der Waals surface area contributed by atoms with Gasteiger partial charge >= 0.3 is 0 Å². The zero-order chi connectivity index (χ0) is 12.3. The zero-order valence-corrected chi connectivity index (χ0v) is 11.8. The van der Waals surface area contributed by atoms with Gasteiger partial charge in [0.05, 0.1) is 5.60 Å². The van der Waals surface area contributed by atoms with E-state index >= 15 is 0 Å². The molecule has 1 aromatic heterocycles. The van der Waals surface area contributed by atoms with Crippen LogP contribution in [0.5, 0.6) is 0 Å². The van der Waals surface area contributed by atoms with E-state index in [1.807, 2.05) is 0 Å². The van der Waals surface area contributed by atoms with Gasteiger partial charge in [0, 0.05) is 18.7 Å². The Morgan fingerprint density at radius 2 is 2.41 bits per heavy atom. The normalized spacial score (nSPS) is 25.7. The van der Waals surface area contributed by atoms with Crippen LogP contribution in [0.4, 0.5) is 0 Å². The Morgan fingerprint density at radius 1 is 1.59 bits per heavy atom. The number of ether oxygens (including phenoxy) is 1. The molecule has 0 bridgehead atoms. The Balaban J connectivity index is 1.80. The van der Waals surface area contributed by atoms with Gasteiger partial charge in [-0.3, -0.25) is 0 Å². The molecule has 96 valence electrons. The van der Waals surface area contributed by atoms with Gasteiger partial charge in [0.25, 0.3) is 0 Å². The van der Waals surface area contributed by atoms with Gasteiger partial charge < -0.3 is 10.1 Å². The lowest BCUT2D eigenvalue weighted by Crippen LogP contribution is -2.47. The average Bonchev–Trinajstić information content (AvgIpc) is 2.68. The third-order valence-corrected chi connectivity index (χ3v) is 4.07. The number of nitrogens with one attached hydrogen (secondary N) is 1. The largest absolute Gasteiger partial charge is 0.375 e. The van der Waals surface area contributed by atoms with E-state index < -0.39 is 0 Å². The van der Waals surface area contributed by atoms with Crippen molar-refractivity contribution < 1.29 is 4.74 Å². The molecule has 2 unspecified atom stereocenters. The number of hydrogen-bond acceptors (Lipinski definition) is 3. The molecule has 1 aliphatic rings. The van der Waals surface area contributed by atoms with Crippen molar-refractivity contribution in [3.8, 4) is 0 Å². The van der Waals surface area contributed by atoms with E-state index in [4.69, 9.17) is 4.74 Å². The molecule has 0 aromatic carbocycles. The van der Waals surface area contributed by atoms with Gasteiger partial charge in [-0.1, -0.05) is 0 Å². The summed E-state index contributed by atoms with van der Waals surface area (Å²) in [6.07, 6.45) is 3.37.